The number of nitrogens with zero attached hydrogens (tertiary/aromatic N) is 2. The minimum atomic E-state index is -0.170. The first kappa shape index (κ1) is 19.4. The van der Waals surface area contributed by atoms with Crippen molar-refractivity contribution in [1.29, 1.82) is 0 Å². The highest BCUT2D eigenvalue weighted by Gasteiger charge is 2.15. The van der Waals surface area contributed by atoms with Crippen LogP contribution in [0.25, 0.3) is 10.9 Å². The summed E-state index contributed by atoms with van der Waals surface area (Å²) >= 11 is 5.31. The van der Waals surface area contributed by atoms with Gasteiger partial charge in [0.25, 0.3) is 5.56 Å². The maximum absolute atomic E-state index is 12.7. The Morgan fingerprint density at radius 2 is 1.79 bits per heavy atom. The molecule has 1 saturated heterocycles. The molecule has 4 rings (SSSR count). The van der Waals surface area contributed by atoms with E-state index in [1.807, 2.05) is 30.3 Å². The van der Waals surface area contributed by atoms with Gasteiger partial charge in [0.2, 0.25) is 5.91 Å². The second-order valence-corrected chi connectivity index (χ2v) is 7.67. The summed E-state index contributed by atoms with van der Waals surface area (Å²) in [6.45, 7) is 2.85. The normalized spacial score (nSPS) is 13.7. The van der Waals surface area contributed by atoms with Crippen LogP contribution >= 0.6 is 12.2 Å². The highest BCUT2D eigenvalue weighted by molar-refractivity contribution is 7.71. The molecule has 3 aromatic rings. The van der Waals surface area contributed by atoms with Crippen LogP contribution in [0.1, 0.15) is 24.8 Å². The van der Waals surface area contributed by atoms with Crippen molar-refractivity contribution in [1.82, 2.24) is 14.9 Å². The molecule has 2 aromatic carbocycles. The van der Waals surface area contributed by atoms with Gasteiger partial charge in [-0.3, -0.25) is 14.2 Å². The third kappa shape index (κ3) is 4.24. The number of carbonyl (C=O) groups excluding carboxylic acids is 1. The lowest BCUT2D eigenvalue weighted by atomic mass is 10.1. The van der Waals surface area contributed by atoms with Crippen molar-refractivity contribution in [3.05, 3.63) is 69.2 Å². The molecule has 150 valence electrons. The van der Waals surface area contributed by atoms with Gasteiger partial charge < -0.3 is 15.2 Å². The summed E-state index contributed by atoms with van der Waals surface area (Å²) in [6, 6.07) is 15.4. The molecule has 1 fully saturated rings. The molecule has 0 radical (unpaired) electrons. The summed E-state index contributed by atoms with van der Waals surface area (Å²) in [5.74, 6) is -0.101. The van der Waals surface area contributed by atoms with Crippen LogP contribution in [-0.2, 0) is 17.9 Å². The minimum Gasteiger partial charge on any atom is -0.371 e. The molecule has 0 bridgehead atoms. The number of benzene rings is 2. The number of para-hydroxylation sites is 2. The summed E-state index contributed by atoms with van der Waals surface area (Å²) in [7, 11) is 0. The zero-order valence-electron chi connectivity index (χ0n) is 16.2. The monoisotopic (exact) mass is 408 g/mol. The molecule has 2 heterocycles. The Labute approximate surface area is 174 Å². The van der Waals surface area contributed by atoms with Gasteiger partial charge in [-0.05, 0) is 48.8 Å². The maximum atomic E-state index is 12.7. The lowest BCUT2D eigenvalue weighted by Crippen LogP contribution is -2.29. The third-order valence-electron chi connectivity index (χ3n) is 5.37. The van der Waals surface area contributed by atoms with Gasteiger partial charge in [-0.2, -0.15) is 0 Å². The predicted molar refractivity (Wildman–Crippen MR) is 118 cm³/mol. The van der Waals surface area contributed by atoms with Crippen LogP contribution in [0, 0.1) is 4.77 Å². The van der Waals surface area contributed by atoms with E-state index in [1.54, 1.807) is 6.07 Å². The van der Waals surface area contributed by atoms with Crippen LogP contribution in [0.5, 0.6) is 0 Å². The topological polar surface area (TPSA) is 70.1 Å². The Bertz CT molecular complexity index is 1150. The van der Waals surface area contributed by atoms with Crippen molar-refractivity contribution in [2.75, 3.05) is 18.0 Å². The third-order valence-corrected chi connectivity index (χ3v) is 5.69. The second-order valence-electron chi connectivity index (χ2n) is 7.28. The van der Waals surface area contributed by atoms with Gasteiger partial charge in [-0.1, -0.05) is 30.3 Å². The fraction of sp³-hybridized carbons (Fsp3) is 0.318. The Hall–Kier alpha value is -2.93. The van der Waals surface area contributed by atoms with E-state index in [1.165, 1.54) is 23.1 Å². The van der Waals surface area contributed by atoms with Crippen molar-refractivity contribution in [2.24, 2.45) is 0 Å². The molecule has 1 aliphatic heterocycles. The van der Waals surface area contributed by atoms with Gasteiger partial charge in [0, 0.05) is 38.3 Å². The summed E-state index contributed by atoms with van der Waals surface area (Å²) < 4.78 is 1.79. The van der Waals surface area contributed by atoms with Crippen LogP contribution in [0.15, 0.2) is 53.3 Å². The standard InChI is InChI=1S/C22H24N4O2S/c27-20(23-15-16-7-1-4-10-19(16)25-12-5-6-13-25)11-14-26-21(28)17-8-2-3-9-18(17)24-22(26)29/h1-4,7-10H,5-6,11-15H2,(H,23,27)(H,24,29). The van der Waals surface area contributed by atoms with Crippen LogP contribution in [0.2, 0.25) is 0 Å². The number of rotatable bonds is 6. The molecule has 2 N–H and O–H groups in total. The van der Waals surface area contributed by atoms with Crippen LogP contribution < -0.4 is 15.8 Å². The molecule has 7 heteroatoms. The van der Waals surface area contributed by atoms with Crippen LogP contribution in [-0.4, -0.2) is 28.5 Å². The predicted octanol–water partition coefficient (Wildman–Crippen LogP) is 3.37. The zero-order chi connectivity index (χ0) is 20.2. The molecule has 29 heavy (non-hydrogen) atoms. The highest BCUT2D eigenvalue weighted by Crippen LogP contribution is 2.24. The Morgan fingerprint density at radius 1 is 1.07 bits per heavy atom. The lowest BCUT2D eigenvalue weighted by Gasteiger charge is -2.21. The molecule has 0 aliphatic carbocycles. The summed E-state index contributed by atoms with van der Waals surface area (Å²) in [5, 5.41) is 3.55. The molecule has 1 aliphatic rings. The number of aromatic nitrogens is 2. The number of fused-ring (bicyclic) bond motifs is 1. The number of aromatic amines is 1. The number of hydrogen-bond donors (Lipinski definition) is 2. The van der Waals surface area contributed by atoms with Gasteiger partial charge in [-0.25, -0.2) is 0 Å². The molecular formula is C22H24N4O2S. The van der Waals surface area contributed by atoms with Crippen LogP contribution in [0.3, 0.4) is 0 Å². The first-order valence-electron chi connectivity index (χ1n) is 9.95. The highest BCUT2D eigenvalue weighted by atomic mass is 32.1. The van der Waals surface area contributed by atoms with Crippen LogP contribution in [0.4, 0.5) is 5.69 Å². The number of H-pyrrole nitrogens is 1. The average molecular weight is 409 g/mol. The van der Waals surface area contributed by atoms with E-state index < -0.39 is 0 Å². The van der Waals surface area contributed by atoms with E-state index >= 15 is 0 Å². The Balaban J connectivity index is 1.41. The molecule has 1 amide bonds. The smallest absolute Gasteiger partial charge is 0.262 e. The molecule has 0 atom stereocenters. The summed E-state index contributed by atoms with van der Waals surface area (Å²) in [5.41, 5.74) is 2.85. The largest absolute Gasteiger partial charge is 0.371 e. The maximum Gasteiger partial charge on any atom is 0.262 e. The quantitative estimate of drug-likeness (QED) is 0.614. The van der Waals surface area contributed by atoms with Crippen molar-refractivity contribution in [3.63, 3.8) is 0 Å². The van der Waals surface area contributed by atoms with Crippen molar-refractivity contribution in [2.45, 2.75) is 32.4 Å². The molecular weight excluding hydrogens is 384 g/mol. The van der Waals surface area contributed by atoms with E-state index in [2.05, 4.69) is 27.3 Å². The Kier molecular flexibility index (Phi) is 5.76. The fourth-order valence-corrected chi connectivity index (χ4v) is 4.11. The number of amides is 1. The second kappa shape index (κ2) is 8.61. The van der Waals surface area contributed by atoms with E-state index in [-0.39, 0.29) is 24.4 Å². The van der Waals surface area contributed by atoms with Crippen molar-refractivity contribution in [3.8, 4) is 0 Å². The minimum absolute atomic E-state index is 0.101. The van der Waals surface area contributed by atoms with E-state index in [0.717, 1.165) is 18.7 Å². The van der Waals surface area contributed by atoms with Crippen molar-refractivity contribution >= 4 is 34.7 Å². The Morgan fingerprint density at radius 3 is 2.62 bits per heavy atom. The SMILES string of the molecule is O=C(CCn1c(=S)[nH]c2ccccc2c1=O)NCc1ccccc1N1CCCC1. The van der Waals surface area contributed by atoms with E-state index in [4.69, 9.17) is 12.2 Å². The number of hydrogen-bond acceptors (Lipinski definition) is 4. The molecule has 6 nitrogen and oxygen atoms in total. The first-order chi connectivity index (χ1) is 14.1. The number of carbonyl (C=O) groups is 1. The number of nitrogens with one attached hydrogen (secondary N) is 2. The lowest BCUT2D eigenvalue weighted by molar-refractivity contribution is -0.121. The van der Waals surface area contributed by atoms with Crippen molar-refractivity contribution < 1.29 is 4.79 Å². The zero-order valence-corrected chi connectivity index (χ0v) is 17.0. The molecule has 0 spiro atoms. The van der Waals surface area contributed by atoms with Gasteiger partial charge in [0.15, 0.2) is 4.77 Å². The molecule has 0 saturated carbocycles. The average Bonchev–Trinajstić information content (AvgIpc) is 3.27. The fourth-order valence-electron chi connectivity index (χ4n) is 3.82. The van der Waals surface area contributed by atoms with Gasteiger partial charge in [-0.15, -0.1) is 0 Å². The van der Waals surface area contributed by atoms with Gasteiger partial charge in [0.05, 0.1) is 10.9 Å². The van der Waals surface area contributed by atoms with Gasteiger partial charge >= 0.3 is 0 Å². The summed E-state index contributed by atoms with van der Waals surface area (Å²) in [6.07, 6.45) is 2.62. The summed E-state index contributed by atoms with van der Waals surface area (Å²) in [4.78, 5) is 30.5. The van der Waals surface area contributed by atoms with E-state index in [9.17, 15) is 9.59 Å². The first-order valence-corrected chi connectivity index (χ1v) is 10.4. The van der Waals surface area contributed by atoms with Gasteiger partial charge in [0.1, 0.15) is 0 Å². The molecule has 1 aromatic heterocycles. The molecule has 0 unspecified atom stereocenters. The number of anilines is 1. The van der Waals surface area contributed by atoms with E-state index in [0.29, 0.717) is 22.2 Å².